The SMILES string of the molecule is O=S(=O)(NC12CC3CC(CC(C3)C1)C2)c1ccc(NCC(O)CO)cc1. The molecule has 4 N–H and O–H groups in total. The zero-order valence-electron chi connectivity index (χ0n) is 14.9. The van der Waals surface area contributed by atoms with Gasteiger partial charge in [-0.05, 0) is 80.5 Å². The Hall–Kier alpha value is -1.15. The van der Waals surface area contributed by atoms with E-state index >= 15 is 0 Å². The van der Waals surface area contributed by atoms with Crippen molar-refractivity contribution in [2.75, 3.05) is 18.5 Å². The van der Waals surface area contributed by atoms with Crippen LogP contribution in [0, 0.1) is 17.8 Å². The third-order valence-corrected chi connectivity index (χ3v) is 7.90. The van der Waals surface area contributed by atoms with Crippen LogP contribution in [0.4, 0.5) is 5.69 Å². The Morgan fingerprint density at radius 2 is 1.58 bits per heavy atom. The summed E-state index contributed by atoms with van der Waals surface area (Å²) in [7, 11) is -3.54. The van der Waals surface area contributed by atoms with E-state index in [0.717, 1.165) is 19.3 Å². The van der Waals surface area contributed by atoms with E-state index in [9.17, 15) is 13.5 Å². The minimum atomic E-state index is -3.54. The monoisotopic (exact) mass is 380 g/mol. The zero-order chi connectivity index (χ0) is 18.4. The quantitative estimate of drug-likeness (QED) is 0.577. The summed E-state index contributed by atoms with van der Waals surface area (Å²) in [6.45, 7) is -0.0947. The van der Waals surface area contributed by atoms with Gasteiger partial charge in [0.05, 0.1) is 17.6 Å². The largest absolute Gasteiger partial charge is 0.394 e. The predicted octanol–water partition coefficient (Wildman–Crippen LogP) is 1.70. The lowest BCUT2D eigenvalue weighted by atomic mass is 9.53. The van der Waals surface area contributed by atoms with Crippen molar-refractivity contribution in [1.29, 1.82) is 0 Å². The molecule has 5 rings (SSSR count). The number of sulfonamides is 1. The van der Waals surface area contributed by atoms with Crippen LogP contribution in [0.2, 0.25) is 0 Å². The van der Waals surface area contributed by atoms with Crippen molar-refractivity contribution < 1.29 is 18.6 Å². The van der Waals surface area contributed by atoms with Gasteiger partial charge in [-0.2, -0.15) is 0 Å². The maximum absolute atomic E-state index is 12.9. The molecule has 6 nitrogen and oxygen atoms in total. The molecule has 0 amide bonds. The van der Waals surface area contributed by atoms with Gasteiger partial charge >= 0.3 is 0 Å². The highest BCUT2D eigenvalue weighted by molar-refractivity contribution is 7.89. The summed E-state index contributed by atoms with van der Waals surface area (Å²) < 4.78 is 28.9. The van der Waals surface area contributed by atoms with Crippen LogP contribution in [0.1, 0.15) is 38.5 Å². The first-order chi connectivity index (χ1) is 12.4. The van der Waals surface area contributed by atoms with E-state index in [1.54, 1.807) is 24.3 Å². The number of benzene rings is 1. The van der Waals surface area contributed by atoms with Gasteiger partial charge < -0.3 is 15.5 Å². The molecular formula is C19H28N2O4S. The van der Waals surface area contributed by atoms with E-state index in [2.05, 4.69) is 10.0 Å². The van der Waals surface area contributed by atoms with Gasteiger partial charge in [-0.25, -0.2) is 13.1 Å². The molecule has 0 radical (unpaired) electrons. The summed E-state index contributed by atoms with van der Waals surface area (Å²) in [4.78, 5) is 0.279. The van der Waals surface area contributed by atoms with Crippen molar-refractivity contribution in [2.24, 2.45) is 17.8 Å². The second-order valence-corrected chi connectivity index (χ2v) is 10.2. The molecule has 7 heteroatoms. The minimum Gasteiger partial charge on any atom is -0.394 e. The van der Waals surface area contributed by atoms with Gasteiger partial charge in [0.2, 0.25) is 10.0 Å². The molecule has 144 valence electrons. The van der Waals surface area contributed by atoms with Crippen molar-refractivity contribution >= 4 is 15.7 Å². The van der Waals surface area contributed by atoms with E-state index in [1.807, 2.05) is 0 Å². The normalized spacial score (nSPS) is 34.0. The van der Waals surface area contributed by atoms with Crippen LogP contribution in [0.5, 0.6) is 0 Å². The van der Waals surface area contributed by atoms with Gasteiger partial charge in [0, 0.05) is 17.8 Å². The lowest BCUT2D eigenvalue weighted by Crippen LogP contribution is -2.59. The van der Waals surface area contributed by atoms with Crippen molar-refractivity contribution in [3.05, 3.63) is 24.3 Å². The van der Waals surface area contributed by atoms with E-state index in [4.69, 9.17) is 5.11 Å². The number of aliphatic hydroxyl groups excluding tert-OH is 2. The maximum atomic E-state index is 12.9. The highest BCUT2D eigenvalue weighted by atomic mass is 32.2. The first kappa shape index (κ1) is 18.2. The van der Waals surface area contributed by atoms with Gasteiger partial charge in [0.15, 0.2) is 0 Å². The summed E-state index contributed by atoms with van der Waals surface area (Å²) in [5.74, 6) is 2.07. The summed E-state index contributed by atoms with van der Waals surface area (Å²) in [6.07, 6.45) is 5.95. The zero-order valence-corrected chi connectivity index (χ0v) is 15.7. The van der Waals surface area contributed by atoms with Gasteiger partial charge in [0.1, 0.15) is 0 Å². The maximum Gasteiger partial charge on any atom is 0.241 e. The van der Waals surface area contributed by atoms with Crippen molar-refractivity contribution in [3.63, 3.8) is 0 Å². The second kappa shape index (κ2) is 6.78. The highest BCUT2D eigenvalue weighted by Gasteiger charge is 2.52. The molecule has 4 bridgehead atoms. The lowest BCUT2D eigenvalue weighted by Gasteiger charge is -2.56. The Labute approximate surface area is 155 Å². The summed E-state index contributed by atoms with van der Waals surface area (Å²) in [5, 5.41) is 21.2. The molecule has 4 saturated carbocycles. The number of hydrogen-bond donors (Lipinski definition) is 4. The summed E-state index contributed by atoms with van der Waals surface area (Å²) in [5.41, 5.74) is 0.474. The molecule has 1 atom stereocenters. The van der Waals surface area contributed by atoms with Crippen LogP contribution in [0.3, 0.4) is 0 Å². The highest BCUT2D eigenvalue weighted by Crippen LogP contribution is 2.55. The molecule has 1 unspecified atom stereocenters. The number of hydrogen-bond acceptors (Lipinski definition) is 5. The summed E-state index contributed by atoms with van der Waals surface area (Å²) >= 11 is 0. The Bertz CT molecular complexity index is 712. The van der Waals surface area contributed by atoms with E-state index < -0.39 is 16.1 Å². The number of anilines is 1. The number of aliphatic hydroxyl groups is 2. The Kier molecular flexibility index (Phi) is 4.75. The van der Waals surface area contributed by atoms with Crippen molar-refractivity contribution in [2.45, 2.75) is 55.1 Å². The Morgan fingerprint density at radius 3 is 2.08 bits per heavy atom. The molecule has 4 fully saturated rings. The molecule has 0 spiro atoms. The third-order valence-electron chi connectivity index (χ3n) is 6.31. The van der Waals surface area contributed by atoms with E-state index in [-0.39, 0.29) is 23.6 Å². The van der Waals surface area contributed by atoms with E-state index in [1.165, 1.54) is 19.3 Å². The Balaban J connectivity index is 1.45. The van der Waals surface area contributed by atoms with Gasteiger partial charge in [0.25, 0.3) is 0 Å². The van der Waals surface area contributed by atoms with Gasteiger partial charge in [-0.3, -0.25) is 0 Å². The second-order valence-electron chi connectivity index (χ2n) is 8.55. The molecule has 1 aromatic carbocycles. The average molecular weight is 381 g/mol. The average Bonchev–Trinajstić information content (AvgIpc) is 2.58. The molecular weight excluding hydrogens is 352 g/mol. The van der Waals surface area contributed by atoms with Crippen LogP contribution in [-0.4, -0.2) is 43.4 Å². The fourth-order valence-electron chi connectivity index (χ4n) is 5.63. The summed E-state index contributed by atoms with van der Waals surface area (Å²) in [6, 6.07) is 6.57. The topological polar surface area (TPSA) is 98.7 Å². The fourth-order valence-corrected chi connectivity index (χ4v) is 7.06. The smallest absolute Gasteiger partial charge is 0.241 e. The molecule has 1 aromatic rings. The van der Waals surface area contributed by atoms with E-state index in [0.29, 0.717) is 23.4 Å². The molecule has 0 saturated heterocycles. The van der Waals surface area contributed by atoms with Gasteiger partial charge in [-0.15, -0.1) is 0 Å². The predicted molar refractivity (Wildman–Crippen MR) is 99.2 cm³/mol. The minimum absolute atomic E-state index is 0.216. The molecule has 0 aromatic heterocycles. The standard InChI is InChI=1S/C19H28N2O4S/c22-12-17(23)11-20-16-1-3-18(4-2-16)26(24,25)21-19-8-13-5-14(9-19)7-15(6-13)10-19/h1-4,13-15,17,20-23H,5-12H2. The van der Waals surface area contributed by atoms with Crippen molar-refractivity contribution in [1.82, 2.24) is 4.72 Å². The van der Waals surface area contributed by atoms with Crippen molar-refractivity contribution in [3.8, 4) is 0 Å². The first-order valence-corrected chi connectivity index (χ1v) is 11.0. The van der Waals surface area contributed by atoms with Crippen LogP contribution in [0.25, 0.3) is 0 Å². The molecule has 0 heterocycles. The lowest BCUT2D eigenvalue weighted by molar-refractivity contribution is -0.00810. The number of rotatable bonds is 7. The number of nitrogens with one attached hydrogen (secondary N) is 2. The molecule has 26 heavy (non-hydrogen) atoms. The molecule has 4 aliphatic carbocycles. The third kappa shape index (κ3) is 3.63. The van der Waals surface area contributed by atoms with Crippen LogP contribution >= 0.6 is 0 Å². The van der Waals surface area contributed by atoms with Crippen LogP contribution < -0.4 is 10.0 Å². The molecule has 0 aliphatic heterocycles. The van der Waals surface area contributed by atoms with Crippen LogP contribution in [-0.2, 0) is 10.0 Å². The van der Waals surface area contributed by atoms with Crippen LogP contribution in [0.15, 0.2) is 29.2 Å². The van der Waals surface area contributed by atoms with Gasteiger partial charge in [-0.1, -0.05) is 0 Å². The molecule has 4 aliphatic rings. The Morgan fingerprint density at radius 1 is 1.04 bits per heavy atom. The fraction of sp³-hybridized carbons (Fsp3) is 0.684. The first-order valence-electron chi connectivity index (χ1n) is 9.54.